The average Bonchev–Trinajstić information content (AvgIpc) is 2.56. The monoisotopic (exact) mass is 355 g/mol. The van der Waals surface area contributed by atoms with E-state index in [-0.39, 0.29) is 16.6 Å². The summed E-state index contributed by atoms with van der Waals surface area (Å²) in [6.07, 6.45) is 0.0699. The van der Waals surface area contributed by atoms with Gasteiger partial charge in [-0.3, -0.25) is 4.79 Å². The molecule has 0 radical (unpaired) electrons. The Bertz CT molecular complexity index is 977. The summed E-state index contributed by atoms with van der Waals surface area (Å²) in [4.78, 5) is 27.9. The maximum Gasteiger partial charge on any atom is 0.337 e. The summed E-state index contributed by atoms with van der Waals surface area (Å²) in [5.41, 5.74) is 0.116. The quantitative estimate of drug-likeness (QED) is 0.718. The van der Waals surface area contributed by atoms with Gasteiger partial charge >= 0.3 is 5.97 Å². The van der Waals surface area contributed by atoms with Gasteiger partial charge in [-0.15, -0.1) is 0 Å². The Balaban J connectivity index is 2.04. The molecule has 0 aliphatic carbocycles. The third kappa shape index (κ3) is 3.69. The summed E-state index contributed by atoms with van der Waals surface area (Å²) in [7, 11) is 0. The van der Waals surface area contributed by atoms with Gasteiger partial charge in [-0.2, -0.15) is 0 Å². The molecule has 6 heteroatoms. The van der Waals surface area contributed by atoms with E-state index in [2.05, 4.69) is 4.98 Å². The van der Waals surface area contributed by atoms with Gasteiger partial charge in [0.05, 0.1) is 16.6 Å². The number of carboxylic acids is 1. The molecule has 2 aromatic carbocycles. The molecule has 0 aliphatic heterocycles. The molecule has 25 heavy (non-hydrogen) atoms. The number of aromatic nitrogens is 1. The lowest BCUT2D eigenvalue weighted by Gasteiger charge is -2.11. The van der Waals surface area contributed by atoms with E-state index in [1.54, 1.807) is 36.4 Å². The van der Waals surface area contributed by atoms with E-state index in [9.17, 15) is 14.7 Å². The minimum atomic E-state index is -1.12. The van der Waals surface area contributed by atoms with E-state index in [0.29, 0.717) is 10.9 Å². The van der Waals surface area contributed by atoms with Crippen molar-refractivity contribution in [3.63, 3.8) is 0 Å². The van der Waals surface area contributed by atoms with Crippen molar-refractivity contribution in [1.29, 1.82) is 0 Å². The zero-order valence-electron chi connectivity index (χ0n) is 13.8. The Morgan fingerprint density at radius 2 is 1.80 bits per heavy atom. The molecule has 2 N–H and O–H groups in total. The smallest absolute Gasteiger partial charge is 0.337 e. The predicted molar refractivity (Wildman–Crippen MR) is 97.9 cm³/mol. The van der Waals surface area contributed by atoms with Gasteiger partial charge in [0.15, 0.2) is 0 Å². The van der Waals surface area contributed by atoms with Gasteiger partial charge < -0.3 is 14.8 Å². The molecule has 0 spiro atoms. The molecule has 128 valence electrons. The van der Waals surface area contributed by atoms with Crippen molar-refractivity contribution < 1.29 is 14.6 Å². The molecule has 1 aromatic heterocycles. The van der Waals surface area contributed by atoms with Crippen LogP contribution >= 0.6 is 11.8 Å². The van der Waals surface area contributed by atoms with Crippen molar-refractivity contribution in [3.05, 3.63) is 64.4 Å². The highest BCUT2D eigenvalue weighted by atomic mass is 32.2. The zero-order chi connectivity index (χ0) is 18.0. The average molecular weight is 355 g/mol. The van der Waals surface area contributed by atoms with Crippen molar-refractivity contribution in [2.75, 3.05) is 0 Å². The summed E-state index contributed by atoms with van der Waals surface area (Å²) in [5, 5.41) is 10.1. The molecule has 0 amide bonds. The number of H-pyrrole nitrogens is 1. The summed E-state index contributed by atoms with van der Waals surface area (Å²) >= 11 is 1.13. The number of benzene rings is 2. The number of para-hydroxylation sites is 1. The number of aromatic carboxylic acids is 1. The fourth-order valence-corrected chi connectivity index (χ4v) is 3.46. The van der Waals surface area contributed by atoms with E-state index in [0.717, 1.165) is 22.4 Å². The van der Waals surface area contributed by atoms with Gasteiger partial charge in [0, 0.05) is 15.8 Å². The van der Waals surface area contributed by atoms with E-state index < -0.39 is 11.5 Å². The second-order valence-corrected chi connectivity index (χ2v) is 6.83. The lowest BCUT2D eigenvalue weighted by Crippen LogP contribution is -2.15. The number of carboxylic acid groups (broad SMARTS) is 1. The third-order valence-corrected chi connectivity index (χ3v) is 4.61. The second-order valence-electron chi connectivity index (χ2n) is 5.75. The van der Waals surface area contributed by atoms with Gasteiger partial charge in [0.2, 0.25) is 0 Å². The van der Waals surface area contributed by atoms with Crippen LogP contribution in [0.3, 0.4) is 0 Å². The molecular formula is C19H17NO4S. The summed E-state index contributed by atoms with van der Waals surface area (Å²) in [6, 6.07) is 14.1. The van der Waals surface area contributed by atoms with E-state index in [1.807, 2.05) is 26.0 Å². The van der Waals surface area contributed by atoms with Crippen LogP contribution in [-0.4, -0.2) is 22.2 Å². The number of fused-ring (bicyclic) bond motifs is 1. The minimum absolute atomic E-state index is 0.0202. The van der Waals surface area contributed by atoms with Gasteiger partial charge in [-0.25, -0.2) is 4.79 Å². The Labute approximate surface area is 148 Å². The van der Waals surface area contributed by atoms with Crippen LogP contribution in [0.5, 0.6) is 5.75 Å². The molecule has 3 rings (SSSR count). The normalized spacial score (nSPS) is 11.0. The van der Waals surface area contributed by atoms with Crippen LogP contribution < -0.4 is 10.3 Å². The molecule has 0 fully saturated rings. The van der Waals surface area contributed by atoms with Crippen LogP contribution in [0.15, 0.2) is 63.1 Å². The SMILES string of the molecule is CC(C)Oc1ccc(Sc2c(C(=O)O)c3ccccc3[nH]c2=O)cc1. The first-order valence-electron chi connectivity index (χ1n) is 7.78. The molecule has 0 saturated carbocycles. The Morgan fingerprint density at radius 1 is 1.12 bits per heavy atom. The van der Waals surface area contributed by atoms with Crippen molar-refractivity contribution in [2.24, 2.45) is 0 Å². The second kappa shape index (κ2) is 7.03. The predicted octanol–water partition coefficient (Wildman–Crippen LogP) is 4.16. The van der Waals surface area contributed by atoms with Crippen molar-refractivity contribution >= 4 is 28.6 Å². The molecule has 3 aromatic rings. The minimum Gasteiger partial charge on any atom is -0.491 e. The molecule has 0 bridgehead atoms. The largest absolute Gasteiger partial charge is 0.491 e. The highest BCUT2D eigenvalue weighted by Crippen LogP contribution is 2.32. The third-order valence-electron chi connectivity index (χ3n) is 3.51. The molecule has 5 nitrogen and oxygen atoms in total. The molecule has 0 unspecified atom stereocenters. The number of nitrogens with one attached hydrogen (secondary N) is 1. The van der Waals surface area contributed by atoms with Gasteiger partial charge in [0.1, 0.15) is 5.75 Å². The van der Waals surface area contributed by atoms with Gasteiger partial charge in [0.25, 0.3) is 5.56 Å². The van der Waals surface area contributed by atoms with E-state index in [1.165, 1.54) is 0 Å². The number of aromatic amines is 1. The van der Waals surface area contributed by atoms with Crippen LogP contribution in [0.2, 0.25) is 0 Å². The fourth-order valence-electron chi connectivity index (χ4n) is 2.51. The Morgan fingerprint density at radius 3 is 2.44 bits per heavy atom. The van der Waals surface area contributed by atoms with Crippen LogP contribution in [0.25, 0.3) is 10.9 Å². The first-order valence-corrected chi connectivity index (χ1v) is 8.60. The molecular weight excluding hydrogens is 338 g/mol. The maximum atomic E-state index is 12.4. The lowest BCUT2D eigenvalue weighted by atomic mass is 10.1. The number of hydrogen-bond acceptors (Lipinski definition) is 4. The summed E-state index contributed by atoms with van der Waals surface area (Å²) < 4.78 is 5.59. The van der Waals surface area contributed by atoms with Gasteiger partial charge in [-0.05, 0) is 44.2 Å². The summed E-state index contributed by atoms with van der Waals surface area (Å²) in [5.74, 6) is -0.394. The Kier molecular flexibility index (Phi) is 4.81. The highest BCUT2D eigenvalue weighted by molar-refractivity contribution is 7.99. The standard InChI is InChI=1S/C19H17NO4S/c1-11(2)24-12-7-9-13(10-8-12)25-17-16(19(22)23)14-5-3-4-6-15(14)20-18(17)21/h3-11H,1-2H3,(H,20,21)(H,22,23). The fraction of sp³-hybridized carbons (Fsp3) is 0.158. The molecule has 1 heterocycles. The van der Waals surface area contributed by atoms with Crippen LogP contribution in [-0.2, 0) is 0 Å². The van der Waals surface area contributed by atoms with Gasteiger partial charge in [-0.1, -0.05) is 30.0 Å². The van der Waals surface area contributed by atoms with E-state index >= 15 is 0 Å². The number of hydrogen-bond donors (Lipinski definition) is 2. The topological polar surface area (TPSA) is 79.4 Å². The van der Waals surface area contributed by atoms with E-state index in [4.69, 9.17) is 4.74 Å². The van der Waals surface area contributed by atoms with Crippen LogP contribution in [0.4, 0.5) is 0 Å². The lowest BCUT2D eigenvalue weighted by molar-refractivity contribution is 0.0695. The highest BCUT2D eigenvalue weighted by Gasteiger charge is 2.19. The molecule has 0 saturated heterocycles. The summed E-state index contributed by atoms with van der Waals surface area (Å²) in [6.45, 7) is 3.88. The first-order chi connectivity index (χ1) is 12.0. The zero-order valence-corrected chi connectivity index (χ0v) is 14.6. The van der Waals surface area contributed by atoms with Crippen LogP contribution in [0.1, 0.15) is 24.2 Å². The number of pyridine rings is 1. The molecule has 0 aliphatic rings. The Hall–Kier alpha value is -2.73. The van der Waals surface area contributed by atoms with Crippen molar-refractivity contribution in [3.8, 4) is 5.75 Å². The number of ether oxygens (including phenoxy) is 1. The maximum absolute atomic E-state index is 12.4. The van der Waals surface area contributed by atoms with Crippen LogP contribution in [0, 0.1) is 0 Å². The number of rotatable bonds is 5. The van der Waals surface area contributed by atoms with Crippen molar-refractivity contribution in [1.82, 2.24) is 4.98 Å². The first kappa shape index (κ1) is 17.1. The molecule has 0 atom stereocenters. The van der Waals surface area contributed by atoms with Crippen molar-refractivity contribution in [2.45, 2.75) is 29.7 Å². The number of carbonyl (C=O) groups is 1.